The van der Waals surface area contributed by atoms with E-state index in [1.165, 1.54) is 12.1 Å². The molecule has 0 amide bonds. The van der Waals surface area contributed by atoms with Crippen LogP contribution in [0.4, 0.5) is 4.39 Å². The number of halogens is 1. The fraction of sp³-hybridized carbons (Fsp3) is 0.500. The number of ether oxygens (including phenoxy) is 2. The first kappa shape index (κ1) is 11.0. The van der Waals surface area contributed by atoms with Crippen molar-refractivity contribution in [3.63, 3.8) is 0 Å². The van der Waals surface area contributed by atoms with Crippen LogP contribution in [-0.2, 0) is 15.1 Å². The Morgan fingerprint density at radius 1 is 1.29 bits per heavy atom. The van der Waals surface area contributed by atoms with Crippen molar-refractivity contribution in [1.29, 1.82) is 0 Å². The van der Waals surface area contributed by atoms with Crippen LogP contribution in [-0.4, -0.2) is 29.2 Å². The first-order valence-corrected chi connectivity index (χ1v) is 5.55. The SMILES string of the molecule is Oc1cc(F)cc([C@@]2(O)C[C@H]3CO[C@@H](C2)O3)c1. The van der Waals surface area contributed by atoms with Crippen LogP contribution >= 0.6 is 0 Å². The van der Waals surface area contributed by atoms with Gasteiger partial charge in [-0.3, -0.25) is 0 Å². The molecule has 0 spiro atoms. The summed E-state index contributed by atoms with van der Waals surface area (Å²) in [5.74, 6) is -0.749. The van der Waals surface area contributed by atoms with Crippen LogP contribution in [0.1, 0.15) is 18.4 Å². The molecule has 2 fully saturated rings. The number of aliphatic hydroxyl groups is 1. The van der Waals surface area contributed by atoms with Crippen molar-refractivity contribution in [3.8, 4) is 5.75 Å². The molecule has 2 heterocycles. The summed E-state index contributed by atoms with van der Waals surface area (Å²) in [6, 6.07) is 3.63. The minimum atomic E-state index is -1.19. The maximum Gasteiger partial charge on any atom is 0.161 e. The monoisotopic (exact) mass is 240 g/mol. The van der Waals surface area contributed by atoms with E-state index in [1.54, 1.807) is 0 Å². The number of hydrogen-bond donors (Lipinski definition) is 2. The van der Waals surface area contributed by atoms with E-state index in [2.05, 4.69) is 0 Å². The minimum Gasteiger partial charge on any atom is -0.508 e. The lowest BCUT2D eigenvalue weighted by Gasteiger charge is -2.35. The van der Waals surface area contributed by atoms with Gasteiger partial charge in [0, 0.05) is 18.9 Å². The molecule has 0 aliphatic carbocycles. The molecule has 0 aromatic heterocycles. The third kappa shape index (κ3) is 1.90. The molecule has 5 heteroatoms. The molecule has 92 valence electrons. The lowest BCUT2D eigenvalue weighted by molar-refractivity contribution is -0.159. The molecule has 2 aliphatic heterocycles. The molecule has 2 saturated heterocycles. The summed E-state index contributed by atoms with van der Waals surface area (Å²) in [5, 5.41) is 19.9. The average molecular weight is 240 g/mol. The van der Waals surface area contributed by atoms with Crippen molar-refractivity contribution in [3.05, 3.63) is 29.6 Å². The molecular formula is C12H13FO4. The highest BCUT2D eigenvalue weighted by Gasteiger charge is 2.45. The van der Waals surface area contributed by atoms with Gasteiger partial charge in [0.2, 0.25) is 0 Å². The molecule has 17 heavy (non-hydrogen) atoms. The van der Waals surface area contributed by atoms with Crippen LogP contribution in [0.25, 0.3) is 0 Å². The van der Waals surface area contributed by atoms with E-state index in [9.17, 15) is 14.6 Å². The van der Waals surface area contributed by atoms with Crippen molar-refractivity contribution in [1.82, 2.24) is 0 Å². The van der Waals surface area contributed by atoms with Crippen LogP contribution in [0, 0.1) is 5.82 Å². The molecule has 0 radical (unpaired) electrons. The number of benzene rings is 1. The molecular weight excluding hydrogens is 227 g/mol. The minimum absolute atomic E-state index is 0.163. The fourth-order valence-electron chi connectivity index (χ4n) is 2.54. The molecule has 1 aromatic rings. The van der Waals surface area contributed by atoms with Gasteiger partial charge in [-0.1, -0.05) is 0 Å². The van der Waals surface area contributed by atoms with Gasteiger partial charge < -0.3 is 19.7 Å². The van der Waals surface area contributed by atoms with E-state index in [4.69, 9.17) is 9.47 Å². The quantitative estimate of drug-likeness (QED) is 0.775. The zero-order chi connectivity index (χ0) is 12.0. The van der Waals surface area contributed by atoms with Crippen LogP contribution in [0.5, 0.6) is 5.75 Å². The first-order valence-electron chi connectivity index (χ1n) is 5.55. The topological polar surface area (TPSA) is 58.9 Å². The number of phenols is 1. The van der Waals surface area contributed by atoms with Gasteiger partial charge in [0.25, 0.3) is 0 Å². The van der Waals surface area contributed by atoms with Gasteiger partial charge in [0.1, 0.15) is 11.6 Å². The largest absolute Gasteiger partial charge is 0.508 e. The normalized spacial score (nSPS) is 36.1. The maximum atomic E-state index is 13.2. The van der Waals surface area contributed by atoms with E-state index in [0.29, 0.717) is 18.6 Å². The van der Waals surface area contributed by atoms with Crippen molar-refractivity contribution in [2.45, 2.75) is 30.8 Å². The van der Waals surface area contributed by atoms with Crippen molar-refractivity contribution >= 4 is 0 Å². The van der Waals surface area contributed by atoms with Crippen LogP contribution in [0.15, 0.2) is 18.2 Å². The Bertz CT molecular complexity index is 416. The Kier molecular flexibility index (Phi) is 2.36. The van der Waals surface area contributed by atoms with Crippen LogP contribution in [0.3, 0.4) is 0 Å². The third-order valence-corrected chi connectivity index (χ3v) is 3.30. The summed E-state index contributed by atoms with van der Waals surface area (Å²) >= 11 is 0. The Balaban J connectivity index is 1.96. The molecule has 2 N–H and O–H groups in total. The number of phenolic OH excluding ortho intramolecular Hbond substituents is 1. The highest BCUT2D eigenvalue weighted by Crippen LogP contribution is 2.41. The van der Waals surface area contributed by atoms with Gasteiger partial charge in [-0.15, -0.1) is 0 Å². The standard InChI is InChI=1S/C12H13FO4/c13-8-1-7(2-9(14)3-8)12(15)4-10-6-16-11(5-12)17-10/h1-3,10-11,14-15H,4-6H2/t10-,11+,12+/m0/s1. The van der Waals surface area contributed by atoms with E-state index < -0.39 is 17.7 Å². The average Bonchev–Trinajstić information content (AvgIpc) is 2.57. The molecule has 2 bridgehead atoms. The molecule has 0 saturated carbocycles. The van der Waals surface area contributed by atoms with Gasteiger partial charge in [-0.05, 0) is 17.7 Å². The molecule has 0 unspecified atom stereocenters. The zero-order valence-electron chi connectivity index (χ0n) is 9.10. The maximum absolute atomic E-state index is 13.2. The summed E-state index contributed by atoms with van der Waals surface area (Å²) < 4.78 is 24.0. The van der Waals surface area contributed by atoms with E-state index in [-0.39, 0.29) is 18.3 Å². The van der Waals surface area contributed by atoms with Gasteiger partial charge in [0.15, 0.2) is 6.29 Å². The summed E-state index contributed by atoms with van der Waals surface area (Å²) in [6.45, 7) is 0.453. The van der Waals surface area contributed by atoms with Crippen molar-refractivity contribution < 1.29 is 24.1 Å². The summed E-state index contributed by atoms with van der Waals surface area (Å²) in [7, 11) is 0. The summed E-state index contributed by atoms with van der Waals surface area (Å²) in [4.78, 5) is 0. The number of fused-ring (bicyclic) bond motifs is 2. The van der Waals surface area contributed by atoms with Gasteiger partial charge in [0.05, 0.1) is 18.3 Å². The Morgan fingerprint density at radius 2 is 2.12 bits per heavy atom. The second-order valence-corrected chi connectivity index (χ2v) is 4.66. The van der Waals surface area contributed by atoms with E-state index in [1.807, 2.05) is 0 Å². The van der Waals surface area contributed by atoms with Gasteiger partial charge in [-0.25, -0.2) is 4.39 Å². The Hall–Kier alpha value is -1.17. The smallest absolute Gasteiger partial charge is 0.161 e. The third-order valence-electron chi connectivity index (χ3n) is 3.30. The lowest BCUT2D eigenvalue weighted by Crippen LogP contribution is -2.39. The highest BCUT2D eigenvalue weighted by molar-refractivity contribution is 5.33. The molecule has 3 atom stereocenters. The lowest BCUT2D eigenvalue weighted by atomic mass is 9.84. The van der Waals surface area contributed by atoms with Crippen molar-refractivity contribution in [2.24, 2.45) is 0 Å². The Labute approximate surface area is 97.6 Å². The van der Waals surface area contributed by atoms with Gasteiger partial charge in [-0.2, -0.15) is 0 Å². The Morgan fingerprint density at radius 3 is 2.82 bits per heavy atom. The summed E-state index contributed by atoms with van der Waals surface area (Å²) in [5.41, 5.74) is -0.817. The summed E-state index contributed by atoms with van der Waals surface area (Å²) in [6.07, 6.45) is 0.00650. The molecule has 3 rings (SSSR count). The predicted octanol–water partition coefficient (Wildman–Crippen LogP) is 1.25. The van der Waals surface area contributed by atoms with Crippen molar-refractivity contribution in [2.75, 3.05) is 6.61 Å². The van der Waals surface area contributed by atoms with E-state index >= 15 is 0 Å². The molecule has 4 nitrogen and oxygen atoms in total. The second kappa shape index (κ2) is 3.66. The fourth-order valence-corrected chi connectivity index (χ4v) is 2.54. The number of aromatic hydroxyl groups is 1. The van der Waals surface area contributed by atoms with Gasteiger partial charge >= 0.3 is 0 Å². The van der Waals surface area contributed by atoms with Crippen LogP contribution < -0.4 is 0 Å². The zero-order valence-corrected chi connectivity index (χ0v) is 9.10. The second-order valence-electron chi connectivity index (χ2n) is 4.66. The molecule has 1 aromatic carbocycles. The van der Waals surface area contributed by atoms with Crippen LogP contribution in [0.2, 0.25) is 0 Å². The highest BCUT2D eigenvalue weighted by atomic mass is 19.1. The van der Waals surface area contributed by atoms with E-state index in [0.717, 1.165) is 6.07 Å². The number of hydrogen-bond acceptors (Lipinski definition) is 4. The first-order chi connectivity index (χ1) is 8.05. The molecule has 2 aliphatic rings. The number of rotatable bonds is 1. The predicted molar refractivity (Wildman–Crippen MR) is 55.8 cm³/mol.